The number of amides is 2. The third kappa shape index (κ3) is 4.11. The van der Waals surface area contributed by atoms with Gasteiger partial charge in [-0.25, -0.2) is 4.79 Å². The van der Waals surface area contributed by atoms with Crippen LogP contribution in [-0.2, 0) is 14.3 Å². The number of carbonyl (C=O) groups is 3. The van der Waals surface area contributed by atoms with Crippen molar-refractivity contribution in [2.45, 2.75) is 37.8 Å². The van der Waals surface area contributed by atoms with Gasteiger partial charge in [0, 0.05) is 15.8 Å². The Hall–Kier alpha value is -1.84. The molecule has 0 radical (unpaired) electrons. The number of halogens is 1. The van der Waals surface area contributed by atoms with Gasteiger partial charge < -0.3 is 15.2 Å². The van der Waals surface area contributed by atoms with Gasteiger partial charge in [-0.2, -0.15) is 0 Å². The highest BCUT2D eigenvalue weighted by Gasteiger charge is 2.54. The van der Waals surface area contributed by atoms with Gasteiger partial charge in [-0.05, 0) is 44.5 Å². The van der Waals surface area contributed by atoms with E-state index < -0.39 is 28.9 Å². The molecular weight excluding hydrogens is 448 g/mol. The number of nitrogens with one attached hydrogen (secondary N) is 1. The molecule has 1 aromatic carbocycles. The second-order valence-corrected chi connectivity index (χ2v) is 9.50. The van der Waals surface area contributed by atoms with Gasteiger partial charge in [-0.15, -0.1) is 11.8 Å². The Labute approximate surface area is 175 Å². The molecule has 0 bridgehead atoms. The van der Waals surface area contributed by atoms with Crippen LogP contribution in [0.3, 0.4) is 0 Å². The summed E-state index contributed by atoms with van der Waals surface area (Å²) in [5, 5.41) is 11.9. The van der Waals surface area contributed by atoms with E-state index in [0.717, 1.165) is 4.47 Å². The number of hydrogen-bond donors (Lipinski definition) is 2. The molecule has 2 aliphatic heterocycles. The number of thioether (sulfide) groups is 1. The van der Waals surface area contributed by atoms with E-state index in [1.165, 1.54) is 16.7 Å². The summed E-state index contributed by atoms with van der Waals surface area (Å²) in [5.74, 6) is -1.03. The molecule has 2 amide bonds. The lowest BCUT2D eigenvalue weighted by atomic mass is 10.0. The third-order valence-corrected chi connectivity index (χ3v) is 6.04. The predicted molar refractivity (Wildman–Crippen MR) is 108 cm³/mol. The Morgan fingerprint density at radius 3 is 2.71 bits per heavy atom. The molecular formula is C19H21BrN2O5S. The molecule has 3 rings (SSSR count). The molecule has 9 heteroatoms. The molecule has 0 spiro atoms. The molecule has 0 aromatic heterocycles. The number of aliphatic hydroxyl groups is 1. The van der Waals surface area contributed by atoms with Crippen molar-refractivity contribution in [3.63, 3.8) is 0 Å². The van der Waals surface area contributed by atoms with E-state index in [1.807, 2.05) is 0 Å². The van der Waals surface area contributed by atoms with E-state index >= 15 is 0 Å². The van der Waals surface area contributed by atoms with Crippen molar-refractivity contribution in [1.29, 1.82) is 0 Å². The molecule has 0 unspecified atom stereocenters. The Bertz CT molecular complexity index is 864. The fourth-order valence-electron chi connectivity index (χ4n) is 2.97. The minimum Gasteiger partial charge on any atom is -0.455 e. The summed E-state index contributed by atoms with van der Waals surface area (Å²) in [4.78, 5) is 39.2. The van der Waals surface area contributed by atoms with Gasteiger partial charge in [0.05, 0.1) is 6.61 Å². The van der Waals surface area contributed by atoms with E-state index in [1.54, 1.807) is 45.0 Å². The zero-order chi connectivity index (χ0) is 20.6. The van der Waals surface area contributed by atoms with Crippen LogP contribution in [0, 0.1) is 0 Å². The van der Waals surface area contributed by atoms with E-state index in [4.69, 9.17) is 4.74 Å². The first-order valence-electron chi connectivity index (χ1n) is 8.69. The van der Waals surface area contributed by atoms with Crippen LogP contribution in [0.25, 0.3) is 0 Å². The standard InChI is InChI=1S/C19H21BrN2O5S/c1-19(2,3)27-18(26)14-11(8-23)9-28-17-13(16(25)22(14)17)21-15(24)10-5-4-6-12(20)7-10/h4-7,13,17,23H,8-9H2,1-3H3,(H,21,24)/t13-,17-/m0/s1. The minimum atomic E-state index is -0.742. The first-order chi connectivity index (χ1) is 13.1. The van der Waals surface area contributed by atoms with Gasteiger partial charge in [0.1, 0.15) is 22.7 Å². The third-order valence-electron chi connectivity index (χ3n) is 4.20. The molecule has 28 heavy (non-hydrogen) atoms. The zero-order valence-corrected chi connectivity index (χ0v) is 18.1. The van der Waals surface area contributed by atoms with E-state index in [0.29, 0.717) is 16.9 Å². The number of carbonyl (C=O) groups excluding carboxylic acids is 3. The molecule has 150 valence electrons. The topological polar surface area (TPSA) is 95.9 Å². The Morgan fingerprint density at radius 1 is 1.39 bits per heavy atom. The minimum absolute atomic E-state index is 0.0825. The molecule has 2 aliphatic rings. The lowest BCUT2D eigenvalue weighted by Gasteiger charge is -2.49. The highest BCUT2D eigenvalue weighted by atomic mass is 79.9. The summed E-state index contributed by atoms with van der Waals surface area (Å²) >= 11 is 4.71. The summed E-state index contributed by atoms with van der Waals surface area (Å²) in [6.45, 7) is 4.86. The number of esters is 1. The number of hydrogen-bond acceptors (Lipinski definition) is 6. The number of fused-ring (bicyclic) bond motifs is 1. The van der Waals surface area contributed by atoms with E-state index in [9.17, 15) is 19.5 Å². The van der Waals surface area contributed by atoms with E-state index in [2.05, 4.69) is 21.2 Å². The van der Waals surface area contributed by atoms with Crippen LogP contribution < -0.4 is 5.32 Å². The molecule has 2 heterocycles. The van der Waals surface area contributed by atoms with Crippen molar-refractivity contribution in [3.8, 4) is 0 Å². The Kier molecular flexibility index (Phi) is 5.88. The van der Waals surface area contributed by atoms with Crippen molar-refractivity contribution in [2.75, 3.05) is 12.4 Å². The molecule has 0 aliphatic carbocycles. The second-order valence-electron chi connectivity index (χ2n) is 7.48. The van der Waals surface area contributed by atoms with Crippen LogP contribution in [0.15, 0.2) is 40.0 Å². The maximum Gasteiger partial charge on any atom is 0.355 e. The van der Waals surface area contributed by atoms with Gasteiger partial charge in [-0.1, -0.05) is 22.0 Å². The number of aliphatic hydroxyl groups excluding tert-OH is 1. The molecule has 2 N–H and O–H groups in total. The van der Waals surface area contributed by atoms with E-state index in [-0.39, 0.29) is 18.2 Å². The van der Waals surface area contributed by atoms with Crippen molar-refractivity contribution in [1.82, 2.24) is 10.2 Å². The van der Waals surface area contributed by atoms with Gasteiger partial charge in [0.25, 0.3) is 11.8 Å². The van der Waals surface area contributed by atoms with Crippen LogP contribution in [0.4, 0.5) is 0 Å². The number of benzene rings is 1. The molecule has 7 nitrogen and oxygen atoms in total. The van der Waals surface area contributed by atoms with Gasteiger partial charge in [0.15, 0.2) is 0 Å². The average molecular weight is 469 g/mol. The number of nitrogens with zero attached hydrogens (tertiary/aromatic N) is 1. The smallest absolute Gasteiger partial charge is 0.355 e. The number of rotatable bonds is 4. The molecule has 1 aromatic rings. The zero-order valence-electron chi connectivity index (χ0n) is 15.7. The van der Waals surface area contributed by atoms with Crippen molar-refractivity contribution >= 4 is 45.5 Å². The summed E-state index contributed by atoms with van der Waals surface area (Å²) in [6.07, 6.45) is 0. The lowest BCUT2D eigenvalue weighted by Crippen LogP contribution is -2.70. The maximum atomic E-state index is 12.7. The largest absolute Gasteiger partial charge is 0.455 e. The number of β-lactam (4-membered cyclic amide) rings is 1. The van der Waals surface area contributed by atoms with Gasteiger partial charge >= 0.3 is 5.97 Å². The highest BCUT2D eigenvalue weighted by Crippen LogP contribution is 2.41. The summed E-state index contributed by atoms with van der Waals surface area (Å²) in [7, 11) is 0. The predicted octanol–water partition coefficient (Wildman–Crippen LogP) is 2.05. The lowest BCUT2D eigenvalue weighted by molar-refractivity contribution is -0.158. The van der Waals surface area contributed by atoms with Crippen molar-refractivity contribution < 1.29 is 24.2 Å². The summed E-state index contributed by atoms with van der Waals surface area (Å²) in [5.41, 5.74) is 0.229. The SMILES string of the molecule is CC(C)(C)OC(=O)C1=C(CO)CS[C@H]2[C@@H](NC(=O)c3cccc(Br)c3)C(=O)N12. The molecule has 0 saturated carbocycles. The van der Waals surface area contributed by atoms with Gasteiger partial charge in [-0.3, -0.25) is 14.5 Å². The van der Waals surface area contributed by atoms with Crippen molar-refractivity contribution in [3.05, 3.63) is 45.6 Å². The average Bonchev–Trinajstić information content (AvgIpc) is 2.63. The second kappa shape index (κ2) is 7.88. The normalized spacial score (nSPS) is 21.8. The van der Waals surface area contributed by atoms with Crippen LogP contribution >= 0.6 is 27.7 Å². The van der Waals surface area contributed by atoms with Crippen molar-refractivity contribution in [2.24, 2.45) is 0 Å². The van der Waals surface area contributed by atoms with Crippen LogP contribution in [0.1, 0.15) is 31.1 Å². The monoisotopic (exact) mass is 468 g/mol. The summed E-state index contributed by atoms with van der Waals surface area (Å²) < 4.78 is 6.17. The van der Waals surface area contributed by atoms with Crippen LogP contribution in [0.5, 0.6) is 0 Å². The Balaban J connectivity index is 1.78. The first-order valence-corrected chi connectivity index (χ1v) is 10.5. The fourth-order valence-corrected chi connectivity index (χ4v) is 4.71. The quantitative estimate of drug-likeness (QED) is 0.518. The molecule has 1 fully saturated rings. The number of ether oxygens (including phenoxy) is 1. The van der Waals surface area contributed by atoms with Gasteiger partial charge in [0.2, 0.25) is 0 Å². The first kappa shape index (κ1) is 20.9. The molecule has 2 atom stereocenters. The molecule has 1 saturated heterocycles. The summed E-state index contributed by atoms with van der Waals surface area (Å²) in [6, 6.07) is 6.12. The highest BCUT2D eigenvalue weighted by molar-refractivity contribution is 9.10. The van der Waals surface area contributed by atoms with Crippen LogP contribution in [0.2, 0.25) is 0 Å². The Morgan fingerprint density at radius 2 is 2.11 bits per heavy atom. The fraction of sp³-hybridized carbons (Fsp3) is 0.421. The maximum absolute atomic E-state index is 12.7. The van der Waals surface area contributed by atoms with Crippen LogP contribution in [-0.4, -0.2) is 57.2 Å².